The number of likely N-dealkylation sites (N-methyl/N-ethyl adjacent to an activating group) is 1. The average Bonchev–Trinajstić information content (AvgIpc) is 2.40. The summed E-state index contributed by atoms with van der Waals surface area (Å²) in [5.74, 6) is 0.0714. The van der Waals surface area contributed by atoms with E-state index in [-0.39, 0.29) is 11.8 Å². The van der Waals surface area contributed by atoms with Crippen LogP contribution in [0.25, 0.3) is 0 Å². The van der Waals surface area contributed by atoms with E-state index < -0.39 is 0 Å². The van der Waals surface area contributed by atoms with Crippen molar-refractivity contribution in [3.8, 4) is 0 Å². The first-order valence-corrected chi connectivity index (χ1v) is 6.91. The zero-order chi connectivity index (χ0) is 13.8. The van der Waals surface area contributed by atoms with Crippen molar-refractivity contribution in [3.63, 3.8) is 0 Å². The molecular weight excluding hydrogens is 238 g/mol. The number of piperazine rings is 1. The molecule has 0 saturated carbocycles. The second kappa shape index (κ2) is 6.06. The van der Waals surface area contributed by atoms with E-state index in [0.29, 0.717) is 0 Å². The molecule has 1 aromatic carbocycles. The van der Waals surface area contributed by atoms with Crippen LogP contribution in [0.1, 0.15) is 13.8 Å². The van der Waals surface area contributed by atoms with Crippen LogP contribution in [-0.4, -0.2) is 44.0 Å². The molecule has 19 heavy (non-hydrogen) atoms. The fraction of sp³-hybridized carbons (Fsp3) is 0.533. The van der Waals surface area contributed by atoms with Gasteiger partial charge in [-0.25, -0.2) is 0 Å². The summed E-state index contributed by atoms with van der Waals surface area (Å²) in [6, 6.07) is 8.06. The summed E-state index contributed by atoms with van der Waals surface area (Å²) < 4.78 is 0. The van der Waals surface area contributed by atoms with E-state index >= 15 is 0 Å². The summed E-state index contributed by atoms with van der Waals surface area (Å²) in [7, 11) is 2.14. The van der Waals surface area contributed by atoms with Crippen LogP contribution in [0.3, 0.4) is 0 Å². The molecule has 1 fully saturated rings. The van der Waals surface area contributed by atoms with Crippen LogP contribution >= 0.6 is 0 Å². The van der Waals surface area contributed by atoms with E-state index in [1.54, 1.807) is 0 Å². The van der Waals surface area contributed by atoms with E-state index in [1.165, 1.54) is 0 Å². The molecule has 1 saturated heterocycles. The number of hydrogen-bond acceptors (Lipinski definition) is 3. The van der Waals surface area contributed by atoms with E-state index in [1.807, 2.05) is 32.0 Å². The molecule has 4 nitrogen and oxygen atoms in total. The highest BCUT2D eigenvalue weighted by atomic mass is 16.1. The van der Waals surface area contributed by atoms with E-state index in [0.717, 1.165) is 37.6 Å². The number of nitrogens with one attached hydrogen (secondary N) is 1. The highest BCUT2D eigenvalue weighted by Crippen LogP contribution is 2.26. The summed E-state index contributed by atoms with van der Waals surface area (Å²) in [4.78, 5) is 16.5. The number of anilines is 2. The molecule has 0 aromatic heterocycles. The van der Waals surface area contributed by atoms with Gasteiger partial charge in [-0.05, 0) is 19.2 Å². The van der Waals surface area contributed by atoms with Crippen LogP contribution in [0.5, 0.6) is 0 Å². The van der Waals surface area contributed by atoms with Gasteiger partial charge in [-0.3, -0.25) is 4.79 Å². The van der Waals surface area contributed by atoms with Gasteiger partial charge in [-0.15, -0.1) is 0 Å². The summed E-state index contributed by atoms with van der Waals surface area (Å²) >= 11 is 0. The van der Waals surface area contributed by atoms with Crippen molar-refractivity contribution in [1.29, 1.82) is 0 Å². The van der Waals surface area contributed by atoms with Crippen molar-refractivity contribution in [2.24, 2.45) is 5.92 Å². The quantitative estimate of drug-likeness (QED) is 0.904. The Morgan fingerprint density at radius 2 is 1.79 bits per heavy atom. The predicted octanol–water partition coefficient (Wildman–Crippen LogP) is 2.03. The fourth-order valence-electron chi connectivity index (χ4n) is 2.18. The van der Waals surface area contributed by atoms with Gasteiger partial charge in [0.2, 0.25) is 5.91 Å². The molecule has 1 aromatic rings. The monoisotopic (exact) mass is 261 g/mol. The number of rotatable bonds is 3. The highest BCUT2D eigenvalue weighted by Gasteiger charge is 2.18. The molecule has 1 aliphatic rings. The maximum atomic E-state index is 11.9. The third-order valence-electron chi connectivity index (χ3n) is 3.53. The minimum Gasteiger partial charge on any atom is -0.367 e. The molecule has 2 rings (SSSR count). The molecular formula is C15H23N3O. The van der Waals surface area contributed by atoms with Gasteiger partial charge >= 0.3 is 0 Å². The summed E-state index contributed by atoms with van der Waals surface area (Å²) in [6.45, 7) is 7.96. The topological polar surface area (TPSA) is 35.6 Å². The minimum atomic E-state index is 0.000505. The van der Waals surface area contributed by atoms with Gasteiger partial charge in [-0.2, -0.15) is 0 Å². The average molecular weight is 261 g/mol. The van der Waals surface area contributed by atoms with E-state index in [4.69, 9.17) is 0 Å². The second-order valence-corrected chi connectivity index (χ2v) is 5.45. The smallest absolute Gasteiger partial charge is 0.226 e. The lowest BCUT2D eigenvalue weighted by molar-refractivity contribution is -0.118. The summed E-state index contributed by atoms with van der Waals surface area (Å²) in [5, 5.41) is 3.02. The lowest BCUT2D eigenvalue weighted by Gasteiger charge is -2.35. The van der Waals surface area contributed by atoms with E-state index in [2.05, 4.69) is 28.2 Å². The Balaban J connectivity index is 2.14. The van der Waals surface area contributed by atoms with Gasteiger partial charge < -0.3 is 15.1 Å². The zero-order valence-corrected chi connectivity index (χ0v) is 12.0. The number of hydrogen-bond donors (Lipinski definition) is 1. The first-order chi connectivity index (χ1) is 9.08. The van der Waals surface area contributed by atoms with Crippen LogP contribution < -0.4 is 10.2 Å². The van der Waals surface area contributed by atoms with Crippen LogP contribution in [-0.2, 0) is 4.79 Å². The number of amides is 1. The molecule has 0 unspecified atom stereocenters. The number of para-hydroxylation sites is 2. The zero-order valence-electron chi connectivity index (χ0n) is 12.0. The molecule has 0 aliphatic carbocycles. The maximum absolute atomic E-state index is 11.9. The van der Waals surface area contributed by atoms with Crippen molar-refractivity contribution >= 4 is 17.3 Å². The van der Waals surface area contributed by atoms with Crippen molar-refractivity contribution in [3.05, 3.63) is 24.3 Å². The van der Waals surface area contributed by atoms with Crippen LogP contribution in [0.15, 0.2) is 24.3 Å². The standard InChI is InChI=1S/C15H23N3O/c1-12(2)15(19)16-13-6-4-5-7-14(13)18-10-8-17(3)9-11-18/h4-7,12H,8-11H2,1-3H3,(H,16,19). The number of carbonyl (C=O) groups excluding carboxylic acids is 1. The number of nitrogens with zero attached hydrogens (tertiary/aromatic N) is 2. The molecule has 0 atom stereocenters. The molecule has 4 heteroatoms. The Morgan fingerprint density at radius 3 is 2.42 bits per heavy atom. The van der Waals surface area contributed by atoms with Crippen molar-refractivity contribution in [2.45, 2.75) is 13.8 Å². The summed E-state index contributed by atoms with van der Waals surface area (Å²) in [6.07, 6.45) is 0. The fourth-order valence-corrected chi connectivity index (χ4v) is 2.18. The molecule has 104 valence electrons. The largest absolute Gasteiger partial charge is 0.367 e. The van der Waals surface area contributed by atoms with Gasteiger partial charge in [-0.1, -0.05) is 26.0 Å². The molecule has 0 bridgehead atoms. The van der Waals surface area contributed by atoms with Crippen molar-refractivity contribution in [2.75, 3.05) is 43.4 Å². The molecule has 1 aliphatic heterocycles. The first kappa shape index (κ1) is 13.9. The van der Waals surface area contributed by atoms with Gasteiger partial charge in [0.1, 0.15) is 0 Å². The molecule has 1 N–H and O–H groups in total. The van der Waals surface area contributed by atoms with Crippen molar-refractivity contribution in [1.82, 2.24) is 4.90 Å². The third-order valence-corrected chi connectivity index (χ3v) is 3.53. The van der Waals surface area contributed by atoms with Crippen molar-refractivity contribution < 1.29 is 4.79 Å². The Hall–Kier alpha value is -1.55. The Morgan fingerprint density at radius 1 is 1.16 bits per heavy atom. The third kappa shape index (κ3) is 3.47. The molecule has 1 heterocycles. The highest BCUT2D eigenvalue weighted by molar-refractivity contribution is 5.95. The lowest BCUT2D eigenvalue weighted by atomic mass is 10.1. The van der Waals surface area contributed by atoms with Crippen LogP contribution in [0.4, 0.5) is 11.4 Å². The second-order valence-electron chi connectivity index (χ2n) is 5.45. The predicted molar refractivity (Wildman–Crippen MR) is 79.6 cm³/mol. The van der Waals surface area contributed by atoms with Crippen LogP contribution in [0, 0.1) is 5.92 Å². The normalized spacial score (nSPS) is 16.7. The number of carbonyl (C=O) groups is 1. The van der Waals surface area contributed by atoms with Gasteiger partial charge in [0.05, 0.1) is 11.4 Å². The van der Waals surface area contributed by atoms with Crippen LogP contribution in [0.2, 0.25) is 0 Å². The lowest BCUT2D eigenvalue weighted by Crippen LogP contribution is -2.44. The number of benzene rings is 1. The Labute approximate surface area is 115 Å². The van der Waals surface area contributed by atoms with E-state index in [9.17, 15) is 4.79 Å². The Bertz CT molecular complexity index is 437. The SMILES string of the molecule is CC(C)C(=O)Nc1ccccc1N1CCN(C)CC1. The maximum Gasteiger partial charge on any atom is 0.226 e. The van der Waals surface area contributed by atoms with Gasteiger partial charge in [0.15, 0.2) is 0 Å². The molecule has 0 spiro atoms. The minimum absolute atomic E-state index is 0.000505. The van der Waals surface area contributed by atoms with Gasteiger partial charge in [0.25, 0.3) is 0 Å². The molecule has 1 amide bonds. The van der Waals surface area contributed by atoms with Gasteiger partial charge in [0, 0.05) is 32.1 Å². The Kier molecular flexibility index (Phi) is 4.43. The first-order valence-electron chi connectivity index (χ1n) is 6.91. The molecule has 0 radical (unpaired) electrons. The summed E-state index contributed by atoms with van der Waals surface area (Å²) in [5.41, 5.74) is 2.05.